The van der Waals surface area contributed by atoms with Gasteiger partial charge in [0.1, 0.15) is 0 Å². The van der Waals surface area contributed by atoms with Crippen LogP contribution in [0.15, 0.2) is 109 Å². The highest BCUT2D eigenvalue weighted by Crippen LogP contribution is 2.62. The van der Waals surface area contributed by atoms with E-state index in [2.05, 4.69) is 22.6 Å². The maximum Gasteiger partial charge on any atom is 0.246 e. The fourth-order valence-corrected chi connectivity index (χ4v) is 9.60. The topological polar surface area (TPSA) is 113 Å². The Morgan fingerprint density at radius 3 is 2.17 bits per heavy atom. The number of carbonyl (C=O) groups is 4. The minimum Gasteiger partial charge on any atom is -0.502 e. The molecule has 2 heterocycles. The number of phenols is 1. The van der Waals surface area contributed by atoms with E-state index in [0.717, 1.165) is 9.14 Å². The van der Waals surface area contributed by atoms with Gasteiger partial charge in [-0.1, -0.05) is 71.8 Å². The SMILES string of the molecule is COc1cc(C=CC2C3=CCC4C(=O)N(c5ccc(I)cc5)C(=O)C4C3CC3C(=O)N(c4cccc(Cl)c4)C(=O)C23c2ccccc2)cc(OC)c1O. The summed E-state index contributed by atoms with van der Waals surface area (Å²) in [5, 5.41) is 11.0. The summed E-state index contributed by atoms with van der Waals surface area (Å²) in [5.74, 6) is -4.52. The van der Waals surface area contributed by atoms with Gasteiger partial charge in [-0.25, -0.2) is 4.90 Å². The fraction of sp³-hybridized carbons (Fsp3) is 0.238. The van der Waals surface area contributed by atoms with Gasteiger partial charge in [0.05, 0.1) is 48.8 Å². The molecular formula is C42H34ClIN2O7. The molecule has 6 unspecified atom stereocenters. The molecule has 3 fully saturated rings. The molecule has 4 amide bonds. The van der Waals surface area contributed by atoms with Gasteiger partial charge in [-0.15, -0.1) is 0 Å². The molecule has 4 aromatic rings. The highest BCUT2D eigenvalue weighted by Gasteiger charge is 2.69. The number of anilines is 2. The first kappa shape index (κ1) is 35.1. The average molecular weight is 841 g/mol. The quantitative estimate of drug-likeness (QED) is 0.116. The first-order valence-electron chi connectivity index (χ1n) is 17.3. The highest BCUT2D eigenvalue weighted by atomic mass is 127. The third kappa shape index (κ3) is 5.40. The maximum atomic E-state index is 15.3. The Kier molecular flexibility index (Phi) is 8.93. The number of aromatic hydroxyl groups is 1. The van der Waals surface area contributed by atoms with Crippen LogP contribution in [0.2, 0.25) is 5.02 Å². The van der Waals surface area contributed by atoms with Crippen LogP contribution < -0.4 is 19.3 Å². The number of carbonyl (C=O) groups excluding carboxylic acids is 4. The molecule has 53 heavy (non-hydrogen) atoms. The summed E-state index contributed by atoms with van der Waals surface area (Å²) in [6.07, 6.45) is 6.25. The third-order valence-corrected chi connectivity index (χ3v) is 12.3. The minimum atomic E-state index is -1.40. The van der Waals surface area contributed by atoms with E-state index in [4.69, 9.17) is 21.1 Å². The van der Waals surface area contributed by atoms with Gasteiger partial charge in [-0.2, -0.15) is 0 Å². The third-order valence-electron chi connectivity index (χ3n) is 11.3. The molecule has 0 bridgehead atoms. The molecular weight excluding hydrogens is 807 g/mol. The van der Waals surface area contributed by atoms with Crippen molar-refractivity contribution in [2.75, 3.05) is 24.0 Å². The predicted molar refractivity (Wildman–Crippen MR) is 209 cm³/mol. The van der Waals surface area contributed by atoms with Crippen molar-refractivity contribution in [1.82, 2.24) is 0 Å². The fourth-order valence-electron chi connectivity index (χ4n) is 9.05. The summed E-state index contributed by atoms with van der Waals surface area (Å²) in [7, 11) is 2.89. The monoisotopic (exact) mass is 840 g/mol. The maximum absolute atomic E-state index is 15.3. The van der Waals surface area contributed by atoms with Crippen LogP contribution >= 0.6 is 34.2 Å². The van der Waals surface area contributed by atoms with Crippen molar-refractivity contribution in [2.24, 2.45) is 29.6 Å². The zero-order chi connectivity index (χ0) is 37.2. The van der Waals surface area contributed by atoms with Gasteiger partial charge in [0.15, 0.2) is 11.5 Å². The van der Waals surface area contributed by atoms with E-state index in [1.165, 1.54) is 24.0 Å². The van der Waals surface area contributed by atoms with E-state index >= 15 is 4.79 Å². The van der Waals surface area contributed by atoms with Crippen LogP contribution in [-0.4, -0.2) is 43.0 Å². The zero-order valence-electron chi connectivity index (χ0n) is 28.7. The molecule has 268 valence electrons. The number of fused-ring (bicyclic) bond motifs is 4. The van der Waals surface area contributed by atoms with Crippen LogP contribution in [0.4, 0.5) is 11.4 Å². The van der Waals surface area contributed by atoms with E-state index in [0.29, 0.717) is 33.9 Å². The standard InChI is InChI=1S/C42H34ClIN2O7/c1-52-34-19-23(20-35(53-2)37(34)47)11-18-32-29-16-17-30-36(40(50)45(38(30)48)27-14-12-26(44)13-15-27)31(29)22-33-39(49)46(28-10-6-9-25(43)21-28)41(51)42(32,33)24-7-4-3-5-8-24/h3-16,18-21,30-33,36,47H,17,22H2,1-2H3. The molecule has 11 heteroatoms. The lowest BCUT2D eigenvalue weighted by atomic mass is 9.50. The van der Waals surface area contributed by atoms with Gasteiger partial charge < -0.3 is 14.6 Å². The number of nitrogens with zero attached hydrogens (tertiary/aromatic N) is 2. The number of ether oxygens (including phenoxy) is 2. The van der Waals surface area contributed by atoms with Crippen molar-refractivity contribution in [1.29, 1.82) is 0 Å². The number of phenolic OH excluding ortho intramolecular Hbond substituents is 1. The van der Waals surface area contributed by atoms with Gasteiger partial charge >= 0.3 is 0 Å². The summed E-state index contributed by atoms with van der Waals surface area (Å²) in [5.41, 5.74) is 1.59. The number of allylic oxidation sites excluding steroid dienone is 3. The number of amides is 4. The highest BCUT2D eigenvalue weighted by molar-refractivity contribution is 14.1. The Balaban J connectivity index is 1.33. The van der Waals surface area contributed by atoms with Crippen LogP contribution in [0.25, 0.3) is 6.08 Å². The Hall–Kier alpha value is -4.94. The van der Waals surface area contributed by atoms with Crippen molar-refractivity contribution >= 4 is 75.3 Å². The molecule has 6 atom stereocenters. The number of methoxy groups -OCH3 is 2. The molecule has 4 aliphatic rings. The van der Waals surface area contributed by atoms with E-state index in [-0.39, 0.29) is 41.4 Å². The van der Waals surface area contributed by atoms with Gasteiger partial charge in [-0.3, -0.25) is 24.1 Å². The molecule has 1 N–H and O–H groups in total. The molecule has 4 aromatic carbocycles. The van der Waals surface area contributed by atoms with Crippen molar-refractivity contribution in [3.8, 4) is 17.2 Å². The van der Waals surface area contributed by atoms with Crippen molar-refractivity contribution in [3.05, 3.63) is 128 Å². The molecule has 0 radical (unpaired) electrons. The Labute approximate surface area is 325 Å². The lowest BCUT2D eigenvalue weighted by molar-refractivity contribution is -0.128. The number of hydrogen-bond donors (Lipinski definition) is 1. The lowest BCUT2D eigenvalue weighted by Crippen LogP contribution is -2.54. The van der Waals surface area contributed by atoms with Crippen LogP contribution in [0, 0.1) is 33.2 Å². The second kappa shape index (κ2) is 13.5. The van der Waals surface area contributed by atoms with Crippen molar-refractivity contribution in [3.63, 3.8) is 0 Å². The van der Waals surface area contributed by atoms with Crippen LogP contribution in [0.3, 0.4) is 0 Å². The Morgan fingerprint density at radius 2 is 1.51 bits per heavy atom. The van der Waals surface area contributed by atoms with Crippen LogP contribution in [0.1, 0.15) is 24.0 Å². The molecule has 0 aromatic heterocycles. The number of imide groups is 2. The minimum absolute atomic E-state index is 0.150. The summed E-state index contributed by atoms with van der Waals surface area (Å²) < 4.78 is 11.8. The molecule has 1 saturated carbocycles. The van der Waals surface area contributed by atoms with Gasteiger partial charge in [0, 0.05) is 14.5 Å². The molecule has 2 aliphatic heterocycles. The number of rotatable bonds is 7. The summed E-state index contributed by atoms with van der Waals surface area (Å²) in [6, 6.07) is 26.6. The Morgan fingerprint density at radius 1 is 0.811 bits per heavy atom. The second-order valence-corrected chi connectivity index (χ2v) is 15.4. The molecule has 0 spiro atoms. The average Bonchev–Trinajstić information content (AvgIpc) is 3.56. The summed E-state index contributed by atoms with van der Waals surface area (Å²) >= 11 is 8.59. The smallest absolute Gasteiger partial charge is 0.246 e. The number of benzene rings is 4. The van der Waals surface area contributed by atoms with Gasteiger partial charge in [0.25, 0.3) is 0 Å². The largest absolute Gasteiger partial charge is 0.502 e. The van der Waals surface area contributed by atoms with E-state index in [1.54, 1.807) is 48.5 Å². The van der Waals surface area contributed by atoms with E-state index in [9.17, 15) is 19.5 Å². The predicted octanol–water partition coefficient (Wildman–Crippen LogP) is 7.58. The molecule has 8 rings (SSSR count). The zero-order valence-corrected chi connectivity index (χ0v) is 31.7. The van der Waals surface area contributed by atoms with Crippen molar-refractivity contribution in [2.45, 2.75) is 18.3 Å². The van der Waals surface area contributed by atoms with E-state index < -0.39 is 40.9 Å². The van der Waals surface area contributed by atoms with Gasteiger partial charge in [0.2, 0.25) is 29.4 Å². The molecule has 9 nitrogen and oxygen atoms in total. The second-order valence-electron chi connectivity index (χ2n) is 13.8. The van der Waals surface area contributed by atoms with Crippen LogP contribution in [0.5, 0.6) is 17.2 Å². The number of halogens is 2. The van der Waals surface area contributed by atoms with Crippen LogP contribution in [-0.2, 0) is 24.6 Å². The normalized spacial score (nSPS) is 26.4. The molecule has 2 saturated heterocycles. The lowest BCUT2D eigenvalue weighted by Gasteiger charge is -2.49. The number of hydrogen-bond acceptors (Lipinski definition) is 7. The van der Waals surface area contributed by atoms with Gasteiger partial charge in [-0.05, 0) is 107 Å². The summed E-state index contributed by atoms with van der Waals surface area (Å²) in [6.45, 7) is 0. The summed E-state index contributed by atoms with van der Waals surface area (Å²) in [4.78, 5) is 61.3. The molecule has 2 aliphatic carbocycles. The first-order chi connectivity index (χ1) is 25.6. The Bertz CT molecular complexity index is 2210. The first-order valence-corrected chi connectivity index (χ1v) is 18.7. The van der Waals surface area contributed by atoms with Crippen molar-refractivity contribution < 1.29 is 33.8 Å². The van der Waals surface area contributed by atoms with E-state index in [1.807, 2.05) is 60.7 Å².